The van der Waals surface area contributed by atoms with Gasteiger partial charge in [0.2, 0.25) is 0 Å². The first kappa shape index (κ1) is 25.9. The third kappa shape index (κ3) is 4.90. The van der Waals surface area contributed by atoms with Crippen LogP contribution in [0.4, 0.5) is 10.5 Å². The summed E-state index contributed by atoms with van der Waals surface area (Å²) in [6.07, 6.45) is -0.325. The minimum absolute atomic E-state index is 0.0796. The van der Waals surface area contributed by atoms with Gasteiger partial charge in [-0.1, -0.05) is 17.7 Å². The lowest BCUT2D eigenvalue weighted by atomic mass is 10.0. The van der Waals surface area contributed by atoms with Gasteiger partial charge < -0.3 is 23.8 Å². The van der Waals surface area contributed by atoms with E-state index in [2.05, 4.69) is 4.90 Å². The summed E-state index contributed by atoms with van der Waals surface area (Å²) < 4.78 is 25.9. The highest BCUT2D eigenvalue weighted by molar-refractivity contribution is 7.90. The van der Waals surface area contributed by atoms with Gasteiger partial charge in [-0.2, -0.15) is 3.97 Å². The topological polar surface area (TPSA) is 87.1 Å². The summed E-state index contributed by atoms with van der Waals surface area (Å²) >= 11 is -1.56. The number of likely N-dealkylation sites (tertiary alicyclic amines) is 1. The first-order valence-corrected chi connectivity index (χ1v) is 12.9. The number of esters is 1. The van der Waals surface area contributed by atoms with Gasteiger partial charge >= 0.3 is 12.1 Å². The van der Waals surface area contributed by atoms with E-state index in [9.17, 15) is 14.1 Å². The normalized spacial score (nSPS) is 14.9. The van der Waals surface area contributed by atoms with Crippen molar-refractivity contribution in [2.45, 2.75) is 51.2 Å². The van der Waals surface area contributed by atoms with E-state index in [1.54, 1.807) is 14.9 Å². The van der Waals surface area contributed by atoms with Crippen LogP contribution in [-0.2, 0) is 20.8 Å². The molecule has 9 heteroatoms. The van der Waals surface area contributed by atoms with E-state index in [0.29, 0.717) is 29.1 Å². The Hall–Kier alpha value is -3.17. The summed E-state index contributed by atoms with van der Waals surface area (Å²) in [5.74, 6) is -0.491. The van der Waals surface area contributed by atoms with Crippen LogP contribution in [0.5, 0.6) is 0 Å². The van der Waals surface area contributed by atoms with Crippen molar-refractivity contribution in [1.82, 2.24) is 8.87 Å². The molecule has 1 atom stereocenters. The van der Waals surface area contributed by atoms with Gasteiger partial charge in [-0.25, -0.2) is 9.59 Å². The summed E-state index contributed by atoms with van der Waals surface area (Å²) in [6, 6.07) is 13.1. The molecule has 0 saturated carbocycles. The summed E-state index contributed by atoms with van der Waals surface area (Å²) in [5, 5.41) is 0.800. The van der Waals surface area contributed by atoms with Gasteiger partial charge in [-0.05, 0) is 65.0 Å². The van der Waals surface area contributed by atoms with E-state index in [0.717, 1.165) is 22.3 Å². The zero-order valence-corrected chi connectivity index (χ0v) is 22.6. The second kappa shape index (κ2) is 9.71. The molecule has 1 fully saturated rings. The minimum atomic E-state index is -1.56. The van der Waals surface area contributed by atoms with E-state index in [1.165, 1.54) is 7.11 Å². The van der Waals surface area contributed by atoms with Gasteiger partial charge in [0.15, 0.2) is 4.90 Å². The number of aromatic nitrogens is 1. The standard InChI is InChI=1S/C27H33N3O5S/c1-17-8-10-20(11-9-17)36(33)30-18(2)14-22-23(13-12-21(24(22)30)25(31)34-7)28(6)19-15-29(16-19)26(32)35-27(3,4)5/h8-14,19H,15-16H2,1-7H3. The number of fused-ring (bicyclic) bond motifs is 1. The molecule has 192 valence electrons. The monoisotopic (exact) mass is 511 g/mol. The van der Waals surface area contributed by atoms with Gasteiger partial charge in [-0.15, -0.1) is 0 Å². The second-order valence-electron chi connectivity index (χ2n) is 10.2. The van der Waals surface area contributed by atoms with Gasteiger partial charge in [0.1, 0.15) is 22.5 Å². The smallest absolute Gasteiger partial charge is 0.410 e. The Morgan fingerprint density at radius 1 is 1.08 bits per heavy atom. The number of nitrogens with zero attached hydrogens (tertiary/aromatic N) is 3. The summed E-state index contributed by atoms with van der Waals surface area (Å²) in [6.45, 7) is 10.5. The number of rotatable bonds is 5. The molecule has 0 aliphatic carbocycles. The third-order valence-corrected chi connectivity index (χ3v) is 7.78. The molecule has 1 aliphatic heterocycles. The Kier molecular flexibility index (Phi) is 6.99. The number of benzene rings is 2. The maximum atomic E-state index is 13.7. The highest BCUT2D eigenvalue weighted by atomic mass is 32.2. The van der Waals surface area contributed by atoms with Crippen LogP contribution in [0.2, 0.25) is 0 Å². The van der Waals surface area contributed by atoms with Crippen molar-refractivity contribution in [2.75, 3.05) is 32.1 Å². The zero-order valence-electron chi connectivity index (χ0n) is 21.8. The van der Waals surface area contributed by atoms with Crippen molar-refractivity contribution in [2.24, 2.45) is 0 Å². The highest BCUT2D eigenvalue weighted by Crippen LogP contribution is 2.36. The van der Waals surface area contributed by atoms with Gasteiger partial charge in [-0.3, -0.25) is 0 Å². The molecule has 1 saturated heterocycles. The molecule has 8 nitrogen and oxygen atoms in total. The van der Waals surface area contributed by atoms with Crippen LogP contribution >= 0.6 is 0 Å². The summed E-state index contributed by atoms with van der Waals surface area (Å²) in [5.41, 5.74) is 3.09. The quantitative estimate of drug-likeness (QED) is 0.365. The largest absolute Gasteiger partial charge is 0.587 e. The number of likely N-dealkylation sites (N-methyl/N-ethyl adjacent to an activating group) is 1. The summed E-state index contributed by atoms with van der Waals surface area (Å²) in [7, 11) is 3.30. The van der Waals surface area contributed by atoms with Gasteiger partial charge in [0, 0.05) is 31.2 Å². The predicted molar refractivity (Wildman–Crippen MR) is 141 cm³/mol. The number of amides is 1. The lowest BCUT2D eigenvalue weighted by Gasteiger charge is -2.45. The molecule has 1 unspecified atom stereocenters. The molecule has 1 amide bonds. The number of anilines is 1. The van der Waals surface area contributed by atoms with Crippen LogP contribution in [0, 0.1) is 13.8 Å². The fourth-order valence-corrected chi connectivity index (χ4v) is 5.59. The Morgan fingerprint density at radius 3 is 2.31 bits per heavy atom. The molecule has 0 N–H and O–H groups in total. The van der Waals surface area contributed by atoms with E-state index < -0.39 is 22.9 Å². The van der Waals surface area contributed by atoms with Crippen molar-refractivity contribution in [3.8, 4) is 0 Å². The molecule has 4 rings (SSSR count). The lowest BCUT2D eigenvalue weighted by molar-refractivity contribution is 0.00851. The van der Waals surface area contributed by atoms with Crippen molar-refractivity contribution in [1.29, 1.82) is 0 Å². The Morgan fingerprint density at radius 2 is 1.72 bits per heavy atom. The van der Waals surface area contributed by atoms with E-state index >= 15 is 0 Å². The first-order valence-electron chi connectivity index (χ1n) is 11.8. The Balaban J connectivity index is 1.71. The SMILES string of the molecule is COC(=O)c1ccc(N(C)C2CN(C(=O)OC(C)(C)C)C2)c2cc(C)n([S+]([O-])c3ccc(C)cc3)c12. The van der Waals surface area contributed by atoms with Crippen LogP contribution in [0.3, 0.4) is 0 Å². The maximum absolute atomic E-state index is 13.7. The Bertz CT molecular complexity index is 1290. The predicted octanol–water partition coefficient (Wildman–Crippen LogP) is 4.67. The number of carbonyl (C=O) groups excluding carboxylic acids is 2. The summed E-state index contributed by atoms with van der Waals surface area (Å²) in [4.78, 5) is 29.5. The molecular formula is C27H33N3O5S. The van der Waals surface area contributed by atoms with Gasteiger partial charge in [0.05, 0.1) is 24.4 Å². The third-order valence-electron chi connectivity index (χ3n) is 6.31. The average Bonchev–Trinajstić information content (AvgIpc) is 3.12. The number of methoxy groups -OCH3 is 1. The molecule has 3 aromatic rings. The number of hydrogen-bond acceptors (Lipinski definition) is 6. The van der Waals surface area contributed by atoms with Crippen LogP contribution < -0.4 is 4.90 Å². The minimum Gasteiger partial charge on any atom is -0.587 e. The van der Waals surface area contributed by atoms with E-state index in [1.807, 2.05) is 78.1 Å². The van der Waals surface area contributed by atoms with Crippen molar-refractivity contribution in [3.63, 3.8) is 0 Å². The molecule has 0 radical (unpaired) electrons. The molecular weight excluding hydrogens is 478 g/mol. The fourth-order valence-electron chi connectivity index (χ4n) is 4.33. The number of ether oxygens (including phenoxy) is 2. The average molecular weight is 512 g/mol. The van der Waals surface area contributed by atoms with Crippen molar-refractivity contribution < 1.29 is 23.6 Å². The van der Waals surface area contributed by atoms with E-state index in [-0.39, 0.29) is 12.1 Å². The van der Waals surface area contributed by atoms with Crippen molar-refractivity contribution >= 4 is 40.0 Å². The molecule has 2 aromatic carbocycles. The molecule has 0 bridgehead atoms. The van der Waals surface area contributed by atoms with Gasteiger partial charge in [0.25, 0.3) is 0 Å². The first-order chi connectivity index (χ1) is 16.9. The second-order valence-corrected chi connectivity index (χ2v) is 11.5. The zero-order chi connectivity index (χ0) is 26.4. The molecule has 2 heterocycles. The number of carbonyl (C=O) groups is 2. The highest BCUT2D eigenvalue weighted by Gasteiger charge is 2.37. The fraction of sp³-hybridized carbons (Fsp3) is 0.407. The number of aryl methyl sites for hydroxylation is 2. The molecule has 0 spiro atoms. The van der Waals surface area contributed by atoms with Crippen molar-refractivity contribution in [3.05, 3.63) is 59.3 Å². The lowest BCUT2D eigenvalue weighted by Crippen LogP contribution is -2.61. The van der Waals surface area contributed by atoms with Crippen LogP contribution in [0.25, 0.3) is 10.9 Å². The molecule has 1 aromatic heterocycles. The molecule has 36 heavy (non-hydrogen) atoms. The van der Waals surface area contributed by atoms with Crippen LogP contribution in [0.1, 0.15) is 42.4 Å². The molecule has 1 aliphatic rings. The Labute approximate surface area is 215 Å². The number of hydrogen-bond donors (Lipinski definition) is 0. The van der Waals surface area contributed by atoms with Crippen LogP contribution in [0.15, 0.2) is 47.4 Å². The van der Waals surface area contributed by atoms with Crippen LogP contribution in [-0.4, -0.2) is 64.4 Å². The maximum Gasteiger partial charge on any atom is 0.410 e. The van der Waals surface area contributed by atoms with E-state index in [4.69, 9.17) is 9.47 Å².